The molecule has 1 aliphatic heterocycles. The number of fused-ring (bicyclic) bond motifs is 2. The van der Waals surface area contributed by atoms with Gasteiger partial charge in [-0.1, -0.05) is 31.3 Å². The zero-order valence-corrected chi connectivity index (χ0v) is 28.7. The van der Waals surface area contributed by atoms with Gasteiger partial charge in [0.25, 0.3) is 5.91 Å². The highest BCUT2D eigenvalue weighted by atomic mass is 32.2. The van der Waals surface area contributed by atoms with Gasteiger partial charge >= 0.3 is 0 Å². The van der Waals surface area contributed by atoms with E-state index in [4.69, 9.17) is 5.14 Å². The fourth-order valence-electron chi connectivity index (χ4n) is 5.76. The normalized spacial score (nSPS) is 15.3. The van der Waals surface area contributed by atoms with Crippen LogP contribution in [-0.2, 0) is 16.4 Å². The fourth-order valence-corrected chi connectivity index (χ4v) is 10.3. The van der Waals surface area contributed by atoms with Gasteiger partial charge in [0.15, 0.2) is 5.71 Å². The van der Waals surface area contributed by atoms with Gasteiger partial charge in [-0.15, -0.1) is 11.3 Å². The van der Waals surface area contributed by atoms with E-state index in [0.29, 0.717) is 12.0 Å². The molecule has 5 rings (SSSR count). The first-order chi connectivity index (χ1) is 21.1. The highest BCUT2D eigenvalue weighted by Crippen LogP contribution is 2.44. The van der Waals surface area contributed by atoms with Crippen molar-refractivity contribution in [3.8, 4) is 0 Å². The molecule has 1 aromatic heterocycles. The van der Waals surface area contributed by atoms with Gasteiger partial charge in [0.2, 0.25) is 10.0 Å². The third kappa shape index (κ3) is 6.23. The Morgan fingerprint density at radius 2 is 1.71 bits per heavy atom. The van der Waals surface area contributed by atoms with Crippen molar-refractivity contribution < 1.29 is 27.7 Å². The van der Waals surface area contributed by atoms with Crippen molar-refractivity contribution in [2.45, 2.75) is 24.4 Å². The minimum atomic E-state index is -3.79. The van der Waals surface area contributed by atoms with E-state index in [1.54, 1.807) is 18.2 Å². The van der Waals surface area contributed by atoms with Gasteiger partial charge in [-0.25, -0.2) is 18.1 Å². The van der Waals surface area contributed by atoms with Gasteiger partial charge < -0.3 is 20.1 Å². The summed E-state index contributed by atoms with van der Waals surface area (Å²) in [5.74, 6) is -1.73. The van der Waals surface area contributed by atoms with Gasteiger partial charge in [0.05, 0.1) is 20.6 Å². The van der Waals surface area contributed by atoms with Gasteiger partial charge in [0, 0.05) is 44.0 Å². The van der Waals surface area contributed by atoms with Crippen molar-refractivity contribution in [3.05, 3.63) is 104 Å². The molecule has 0 radical (unpaired) electrons. The smallest absolute Gasteiger partial charge is 0.261 e. The van der Waals surface area contributed by atoms with Crippen molar-refractivity contribution >= 4 is 63.5 Å². The van der Waals surface area contributed by atoms with Crippen molar-refractivity contribution in [1.29, 1.82) is 0 Å². The van der Waals surface area contributed by atoms with Crippen LogP contribution in [0.5, 0.6) is 0 Å². The molecule has 9 nitrogen and oxygen atoms in total. The highest BCUT2D eigenvalue weighted by molar-refractivity contribution is 7.89. The number of hydrogen-bond donors (Lipinski definition) is 2. The minimum Gasteiger partial charge on any atom is -0.544 e. The Balaban J connectivity index is 1.55. The second kappa shape index (κ2) is 12.0. The number of rotatable bonds is 8. The SMILES string of the molecule is CN(C)c1ccc2c(c1)[Si](C)(C)C1=CC(=[N+](C)C)C=CC1=C2c1cc(C(=O)NCCc2ccc(S(N)(=O)=O)cc2)sc1C(=O)[O-]. The lowest BCUT2D eigenvalue weighted by atomic mass is 9.89. The topological polar surface area (TPSA) is 136 Å². The van der Waals surface area contributed by atoms with E-state index in [-0.39, 0.29) is 21.2 Å². The molecule has 234 valence electrons. The average Bonchev–Trinajstić information content (AvgIpc) is 3.42. The van der Waals surface area contributed by atoms with Crippen molar-refractivity contribution in [2.24, 2.45) is 5.14 Å². The van der Waals surface area contributed by atoms with E-state index in [1.165, 1.54) is 22.5 Å². The number of amides is 1. The maximum atomic E-state index is 13.3. The molecule has 0 saturated heterocycles. The lowest BCUT2D eigenvalue weighted by Gasteiger charge is -2.38. The molecule has 3 N–H and O–H groups in total. The molecular weight excluding hydrogens is 625 g/mol. The van der Waals surface area contributed by atoms with Crippen LogP contribution in [0, 0.1) is 0 Å². The number of carboxylic acids is 1. The number of hydrogen-bond acceptors (Lipinski definition) is 7. The fraction of sp³-hybridized carbons (Fsp3) is 0.242. The number of benzene rings is 2. The molecule has 0 fully saturated rings. The standard InChI is InChI=1S/C33H36N4O5S2Si/c1-36(2)21-9-13-24-28(17-21)45(5,6)29-18-22(37(3)4)10-14-25(29)30(24)26-19-27(43-31(26)33(39)40)32(38)35-16-15-20-7-11-23(12-8-20)44(34,41)42/h7-14,17-19H,15-16H2,1-6H3,(H3-,34,35,38,39,40,41,42). The number of carbonyl (C=O) groups excluding carboxylic acids is 2. The summed E-state index contributed by atoms with van der Waals surface area (Å²) in [5, 5.41) is 23.0. The number of nitrogens with one attached hydrogen (secondary N) is 1. The Labute approximate surface area is 268 Å². The number of aromatic carboxylic acids is 1. The summed E-state index contributed by atoms with van der Waals surface area (Å²) in [4.78, 5) is 28.2. The Bertz CT molecular complexity index is 1960. The number of carboxylic acid groups (broad SMARTS) is 1. The molecule has 2 aromatic carbocycles. The summed E-state index contributed by atoms with van der Waals surface area (Å²) in [6.07, 6.45) is 6.76. The van der Waals surface area contributed by atoms with Crippen LogP contribution in [0.1, 0.15) is 36.0 Å². The van der Waals surface area contributed by atoms with Gasteiger partial charge in [-0.2, -0.15) is 0 Å². The third-order valence-electron chi connectivity index (χ3n) is 8.29. The Morgan fingerprint density at radius 3 is 2.31 bits per heavy atom. The average molecular weight is 661 g/mol. The van der Waals surface area contributed by atoms with Crippen LogP contribution in [0.3, 0.4) is 0 Å². The Kier molecular flexibility index (Phi) is 8.62. The van der Waals surface area contributed by atoms with E-state index in [0.717, 1.165) is 45.0 Å². The van der Waals surface area contributed by atoms with Crippen LogP contribution in [0.25, 0.3) is 5.57 Å². The van der Waals surface area contributed by atoms with Crippen molar-refractivity contribution in [2.75, 3.05) is 39.6 Å². The summed E-state index contributed by atoms with van der Waals surface area (Å²) in [5.41, 5.74) is 6.13. The largest absolute Gasteiger partial charge is 0.544 e. The molecule has 0 atom stereocenters. The number of thiophene rings is 1. The monoisotopic (exact) mass is 660 g/mol. The first-order valence-corrected chi connectivity index (χ1v) is 19.7. The van der Waals surface area contributed by atoms with E-state index in [9.17, 15) is 23.1 Å². The zero-order chi connectivity index (χ0) is 32.8. The molecule has 1 aliphatic carbocycles. The lowest BCUT2D eigenvalue weighted by molar-refractivity contribution is -0.462. The van der Waals surface area contributed by atoms with E-state index in [2.05, 4.69) is 52.2 Å². The van der Waals surface area contributed by atoms with Crippen molar-refractivity contribution in [1.82, 2.24) is 5.32 Å². The maximum Gasteiger partial charge on any atom is 0.261 e. The van der Waals surface area contributed by atoms with E-state index >= 15 is 0 Å². The summed E-state index contributed by atoms with van der Waals surface area (Å²) in [7, 11) is 1.97. The van der Waals surface area contributed by atoms with Crippen LogP contribution in [0.4, 0.5) is 5.69 Å². The van der Waals surface area contributed by atoms with Gasteiger partial charge in [-0.05, 0) is 75.5 Å². The zero-order valence-electron chi connectivity index (χ0n) is 26.1. The molecule has 0 saturated carbocycles. The maximum absolute atomic E-state index is 13.3. The van der Waals surface area contributed by atoms with Crippen LogP contribution in [0.15, 0.2) is 82.4 Å². The predicted octanol–water partition coefficient (Wildman–Crippen LogP) is 2.28. The lowest BCUT2D eigenvalue weighted by Crippen LogP contribution is -2.49. The number of anilines is 1. The minimum absolute atomic E-state index is 0.000350. The quantitative estimate of drug-likeness (QED) is 0.281. The second-order valence-corrected chi connectivity index (χ2v) is 19.0. The van der Waals surface area contributed by atoms with Crippen LogP contribution < -0.4 is 25.6 Å². The van der Waals surface area contributed by atoms with Crippen LogP contribution in [0.2, 0.25) is 13.1 Å². The first kappa shape index (κ1) is 32.3. The molecule has 12 heteroatoms. The van der Waals surface area contributed by atoms with E-state index in [1.807, 2.05) is 40.3 Å². The summed E-state index contributed by atoms with van der Waals surface area (Å²) >= 11 is 0.905. The van der Waals surface area contributed by atoms with E-state index < -0.39 is 30.0 Å². The molecule has 1 amide bonds. The molecule has 45 heavy (non-hydrogen) atoms. The summed E-state index contributed by atoms with van der Waals surface area (Å²) in [6, 6.07) is 14.1. The highest BCUT2D eigenvalue weighted by Gasteiger charge is 2.41. The number of nitrogens with zero attached hydrogens (tertiary/aromatic N) is 2. The Morgan fingerprint density at radius 1 is 1.02 bits per heavy atom. The Hall–Kier alpha value is -4.10. The molecular formula is C33H36N4O5S2Si. The molecule has 3 aromatic rings. The molecule has 0 unspecified atom stereocenters. The number of carbonyl (C=O) groups is 2. The number of sulfonamides is 1. The molecule has 0 spiro atoms. The molecule has 2 aliphatic rings. The van der Waals surface area contributed by atoms with Gasteiger partial charge in [0.1, 0.15) is 22.2 Å². The van der Waals surface area contributed by atoms with Crippen LogP contribution >= 0.6 is 11.3 Å². The number of allylic oxidation sites excluding steroid dienone is 5. The molecule has 2 heterocycles. The number of primary sulfonamides is 1. The second-order valence-electron chi connectivity index (χ2n) is 12.1. The first-order valence-electron chi connectivity index (χ1n) is 14.4. The third-order valence-corrected chi connectivity index (χ3v) is 13.9. The van der Waals surface area contributed by atoms with Crippen LogP contribution in [-0.4, -0.2) is 73.4 Å². The summed E-state index contributed by atoms with van der Waals surface area (Å²) in [6.45, 7) is 4.90. The van der Waals surface area contributed by atoms with Crippen molar-refractivity contribution in [3.63, 3.8) is 0 Å². The number of nitrogens with two attached hydrogens (primary N) is 1. The predicted molar refractivity (Wildman–Crippen MR) is 181 cm³/mol. The summed E-state index contributed by atoms with van der Waals surface area (Å²) < 4.78 is 25.1. The molecule has 0 bridgehead atoms. The van der Waals surface area contributed by atoms with Gasteiger partial charge in [-0.3, -0.25) is 4.79 Å².